The third-order valence-electron chi connectivity index (χ3n) is 6.43. The molecule has 1 heterocycles. The van der Waals surface area contributed by atoms with Gasteiger partial charge in [-0.15, -0.1) is 0 Å². The molecule has 2 atom stereocenters. The van der Waals surface area contributed by atoms with Crippen molar-refractivity contribution in [2.24, 2.45) is 0 Å². The van der Waals surface area contributed by atoms with Crippen molar-refractivity contribution >= 4 is 40.5 Å². The number of fused-ring (bicyclic) bond motifs is 1. The van der Waals surface area contributed by atoms with Crippen LogP contribution in [-0.2, 0) is 6.42 Å². The lowest BCUT2D eigenvalue weighted by Gasteiger charge is -2.45. The molecule has 0 saturated carbocycles. The van der Waals surface area contributed by atoms with E-state index in [0.717, 1.165) is 36.8 Å². The number of hydrogen-bond acceptors (Lipinski definition) is 2. The smallest absolute Gasteiger partial charge is 0.0670 e. The summed E-state index contributed by atoms with van der Waals surface area (Å²) in [6.45, 7) is 2.86. The summed E-state index contributed by atoms with van der Waals surface area (Å²) in [7, 11) is 0. The Bertz CT molecular complexity index is 1050. The molecule has 1 aliphatic carbocycles. The number of benzene rings is 3. The van der Waals surface area contributed by atoms with Crippen LogP contribution >= 0.6 is 34.8 Å². The van der Waals surface area contributed by atoms with E-state index in [9.17, 15) is 0 Å². The van der Waals surface area contributed by atoms with E-state index in [1.807, 2.05) is 30.3 Å². The number of nitrogens with zero attached hydrogens (tertiary/aromatic N) is 2. The molecule has 2 aliphatic rings. The third kappa shape index (κ3) is 3.83. The Kier molecular flexibility index (Phi) is 5.68. The average Bonchev–Trinajstić information content (AvgIpc) is 3.18. The number of aryl methyl sites for hydroxylation is 1. The van der Waals surface area contributed by atoms with Crippen molar-refractivity contribution in [3.05, 3.63) is 98.5 Å². The van der Waals surface area contributed by atoms with Crippen molar-refractivity contribution in [2.75, 3.05) is 24.5 Å². The lowest BCUT2D eigenvalue weighted by molar-refractivity contribution is 0.160. The van der Waals surface area contributed by atoms with Crippen molar-refractivity contribution in [3.63, 3.8) is 0 Å². The second-order valence-corrected chi connectivity index (χ2v) is 9.38. The first-order valence-corrected chi connectivity index (χ1v) is 11.5. The highest BCUT2D eigenvalue weighted by molar-refractivity contribution is 6.36. The van der Waals surface area contributed by atoms with Gasteiger partial charge in [0.15, 0.2) is 0 Å². The Morgan fingerprint density at radius 3 is 2.33 bits per heavy atom. The highest BCUT2D eigenvalue weighted by Crippen LogP contribution is 2.41. The van der Waals surface area contributed by atoms with Gasteiger partial charge in [0.2, 0.25) is 0 Å². The average molecular weight is 458 g/mol. The second kappa shape index (κ2) is 8.43. The molecule has 0 aromatic heterocycles. The minimum absolute atomic E-state index is 0.197. The van der Waals surface area contributed by atoms with Gasteiger partial charge in [-0.05, 0) is 59.9 Å². The van der Waals surface area contributed by atoms with Gasteiger partial charge in [0.25, 0.3) is 0 Å². The molecule has 0 bridgehead atoms. The maximum atomic E-state index is 6.61. The largest absolute Gasteiger partial charge is 0.361 e. The summed E-state index contributed by atoms with van der Waals surface area (Å²) in [4.78, 5) is 5.06. The number of piperazine rings is 1. The van der Waals surface area contributed by atoms with Crippen LogP contribution in [0.3, 0.4) is 0 Å². The topological polar surface area (TPSA) is 6.48 Å². The molecule has 30 heavy (non-hydrogen) atoms. The standard InChI is InChI=1S/C25H23Cl3N2/c26-19-8-5-18(6-9-19)25-16-29(23-11-7-17-3-1-2-4-21(17)23)13-14-30(25)24-12-10-20(27)15-22(24)28/h1-6,8-10,12,15,23,25H,7,11,13-14,16H2/t23?,25-/m0/s1. The first kappa shape index (κ1) is 20.2. The summed E-state index contributed by atoms with van der Waals surface area (Å²) < 4.78 is 0. The summed E-state index contributed by atoms with van der Waals surface area (Å²) >= 11 is 18.9. The molecule has 1 fully saturated rings. The summed E-state index contributed by atoms with van der Waals surface area (Å²) in [6, 6.07) is 23.6. The van der Waals surface area contributed by atoms with Crippen LogP contribution in [0.15, 0.2) is 66.7 Å². The molecule has 1 unspecified atom stereocenters. The minimum atomic E-state index is 0.197. The Morgan fingerprint density at radius 1 is 0.767 bits per heavy atom. The van der Waals surface area contributed by atoms with Crippen molar-refractivity contribution in [1.82, 2.24) is 4.90 Å². The lowest BCUT2D eigenvalue weighted by Crippen LogP contribution is -2.49. The van der Waals surface area contributed by atoms with Crippen LogP contribution in [0.25, 0.3) is 0 Å². The van der Waals surface area contributed by atoms with Gasteiger partial charge >= 0.3 is 0 Å². The van der Waals surface area contributed by atoms with Crippen LogP contribution in [0.4, 0.5) is 5.69 Å². The van der Waals surface area contributed by atoms with Crippen molar-refractivity contribution in [2.45, 2.75) is 24.9 Å². The number of halogens is 3. The maximum absolute atomic E-state index is 6.61. The van der Waals surface area contributed by atoms with Crippen LogP contribution in [0.5, 0.6) is 0 Å². The highest BCUT2D eigenvalue weighted by atomic mass is 35.5. The zero-order chi connectivity index (χ0) is 20.7. The normalized spacial score (nSPS) is 21.6. The molecular weight excluding hydrogens is 435 g/mol. The Morgan fingerprint density at radius 2 is 1.53 bits per heavy atom. The van der Waals surface area contributed by atoms with Gasteiger partial charge in [-0.2, -0.15) is 0 Å². The van der Waals surface area contributed by atoms with Crippen molar-refractivity contribution < 1.29 is 0 Å². The molecule has 154 valence electrons. The quantitative estimate of drug-likeness (QED) is 0.410. The van der Waals surface area contributed by atoms with E-state index in [-0.39, 0.29) is 6.04 Å². The maximum Gasteiger partial charge on any atom is 0.0670 e. The van der Waals surface area contributed by atoms with E-state index in [1.165, 1.54) is 23.1 Å². The van der Waals surface area contributed by atoms with Crippen LogP contribution < -0.4 is 4.90 Å². The number of anilines is 1. The van der Waals surface area contributed by atoms with Gasteiger partial charge in [-0.1, -0.05) is 71.2 Å². The lowest BCUT2D eigenvalue weighted by atomic mass is 9.98. The van der Waals surface area contributed by atoms with Crippen LogP contribution in [0.2, 0.25) is 15.1 Å². The second-order valence-electron chi connectivity index (χ2n) is 8.10. The summed E-state index contributed by atoms with van der Waals surface area (Å²) in [5, 5.41) is 2.11. The molecule has 0 N–H and O–H groups in total. The molecule has 1 aliphatic heterocycles. The van der Waals surface area contributed by atoms with Crippen LogP contribution in [0.1, 0.15) is 35.2 Å². The SMILES string of the molecule is Clc1ccc([C@@H]2CN(C3CCc4ccccc43)CCN2c2ccc(Cl)cc2Cl)cc1. The molecule has 1 saturated heterocycles. The predicted molar refractivity (Wildman–Crippen MR) is 127 cm³/mol. The predicted octanol–water partition coefficient (Wildman–Crippen LogP) is 7.20. The number of rotatable bonds is 3. The monoisotopic (exact) mass is 456 g/mol. The molecule has 0 amide bonds. The molecule has 2 nitrogen and oxygen atoms in total. The molecule has 0 spiro atoms. The fraction of sp³-hybridized carbons (Fsp3) is 0.280. The minimum Gasteiger partial charge on any atom is -0.361 e. The highest BCUT2D eigenvalue weighted by Gasteiger charge is 2.35. The van der Waals surface area contributed by atoms with Gasteiger partial charge in [0.1, 0.15) is 0 Å². The van der Waals surface area contributed by atoms with E-state index >= 15 is 0 Å². The van der Waals surface area contributed by atoms with Gasteiger partial charge in [0.05, 0.1) is 16.8 Å². The fourth-order valence-electron chi connectivity index (χ4n) is 4.97. The van der Waals surface area contributed by atoms with Gasteiger partial charge in [0, 0.05) is 35.7 Å². The first-order valence-electron chi connectivity index (χ1n) is 10.4. The molecule has 0 radical (unpaired) electrons. The zero-order valence-corrected chi connectivity index (χ0v) is 18.8. The van der Waals surface area contributed by atoms with Crippen molar-refractivity contribution in [1.29, 1.82) is 0 Å². The Balaban J connectivity index is 1.49. The molecule has 5 rings (SSSR count). The summed E-state index contributed by atoms with van der Waals surface area (Å²) in [6.07, 6.45) is 2.35. The van der Waals surface area contributed by atoms with Crippen LogP contribution in [-0.4, -0.2) is 24.5 Å². The summed E-state index contributed by atoms with van der Waals surface area (Å²) in [5.74, 6) is 0. The zero-order valence-electron chi connectivity index (χ0n) is 16.6. The molecule has 3 aromatic rings. The first-order chi connectivity index (χ1) is 14.6. The van der Waals surface area contributed by atoms with Gasteiger partial charge in [-0.25, -0.2) is 0 Å². The van der Waals surface area contributed by atoms with Gasteiger partial charge in [-0.3, -0.25) is 4.90 Å². The fourth-order valence-corrected chi connectivity index (χ4v) is 5.62. The van der Waals surface area contributed by atoms with E-state index in [2.05, 4.69) is 46.2 Å². The van der Waals surface area contributed by atoms with Gasteiger partial charge < -0.3 is 4.90 Å². The molecular formula is C25H23Cl3N2. The Hall–Kier alpha value is -1.71. The van der Waals surface area contributed by atoms with Crippen LogP contribution in [0, 0.1) is 0 Å². The third-order valence-corrected chi connectivity index (χ3v) is 7.22. The summed E-state index contributed by atoms with van der Waals surface area (Å²) in [5.41, 5.74) is 5.27. The van der Waals surface area contributed by atoms with E-state index in [0.29, 0.717) is 16.1 Å². The van der Waals surface area contributed by atoms with E-state index in [4.69, 9.17) is 34.8 Å². The van der Waals surface area contributed by atoms with Crippen molar-refractivity contribution in [3.8, 4) is 0 Å². The molecule has 5 heteroatoms. The number of hydrogen-bond donors (Lipinski definition) is 0. The molecule has 3 aromatic carbocycles. The van der Waals surface area contributed by atoms with E-state index < -0.39 is 0 Å². The Labute approximate surface area is 193 Å². The van der Waals surface area contributed by atoms with E-state index in [1.54, 1.807) is 0 Å².